The smallest absolute Gasteiger partial charge is 0.311 e. The molecule has 3 heterocycles. The van der Waals surface area contributed by atoms with Crippen molar-refractivity contribution in [2.75, 3.05) is 41.7 Å². The molecule has 0 atom stereocenters. The zero-order chi connectivity index (χ0) is 25.4. The molecule has 1 saturated carbocycles. The van der Waals surface area contributed by atoms with E-state index in [2.05, 4.69) is 37.8 Å². The third kappa shape index (κ3) is 4.39. The summed E-state index contributed by atoms with van der Waals surface area (Å²) in [7, 11) is 0. The summed E-state index contributed by atoms with van der Waals surface area (Å²) >= 11 is 6.75. The van der Waals surface area contributed by atoms with Gasteiger partial charge in [-0.15, -0.1) is 0 Å². The highest BCUT2D eigenvalue weighted by molar-refractivity contribution is 6.36. The lowest BCUT2D eigenvalue weighted by Crippen LogP contribution is -2.52. The van der Waals surface area contributed by atoms with Gasteiger partial charge in [-0.05, 0) is 25.0 Å². The first-order valence-corrected chi connectivity index (χ1v) is 11.5. The van der Waals surface area contributed by atoms with Crippen LogP contribution in [0.2, 0.25) is 5.02 Å². The Morgan fingerprint density at radius 2 is 1.86 bits per heavy atom. The van der Waals surface area contributed by atoms with E-state index in [1.807, 2.05) is 4.90 Å². The quantitative estimate of drug-likeness (QED) is 0.422. The second-order valence-corrected chi connectivity index (χ2v) is 8.81. The molecule has 1 aromatic carbocycles. The molecule has 1 aliphatic carbocycles. The number of hydrogen-bond acceptors (Lipinski definition) is 10. The summed E-state index contributed by atoms with van der Waals surface area (Å²) in [5.74, 6) is -1.10. The number of rotatable bonds is 5. The van der Waals surface area contributed by atoms with Crippen molar-refractivity contribution in [3.63, 3.8) is 0 Å². The van der Waals surface area contributed by atoms with Crippen LogP contribution < -0.4 is 21.3 Å². The average Bonchev–Trinajstić information content (AvgIpc) is 3.60. The Bertz CT molecular complexity index is 1460. The van der Waals surface area contributed by atoms with Crippen LogP contribution in [0.3, 0.4) is 0 Å². The number of nitrogens with two attached hydrogens (primary N) is 1. The van der Waals surface area contributed by atoms with Crippen molar-refractivity contribution >= 4 is 52.3 Å². The van der Waals surface area contributed by atoms with Crippen LogP contribution >= 0.6 is 11.6 Å². The van der Waals surface area contributed by atoms with E-state index in [-0.39, 0.29) is 25.1 Å². The molecule has 2 aliphatic rings. The number of benzene rings is 1. The lowest BCUT2D eigenvalue weighted by atomic mass is 10.1. The van der Waals surface area contributed by atoms with Crippen LogP contribution in [0.15, 0.2) is 18.3 Å². The van der Waals surface area contributed by atoms with Crippen LogP contribution in [0.5, 0.6) is 0 Å². The predicted molar refractivity (Wildman–Crippen MR) is 130 cm³/mol. The van der Waals surface area contributed by atoms with E-state index in [1.165, 1.54) is 15.6 Å². The van der Waals surface area contributed by atoms with Crippen LogP contribution in [-0.2, 0) is 9.59 Å². The van der Waals surface area contributed by atoms with Gasteiger partial charge in [0.2, 0.25) is 11.9 Å². The van der Waals surface area contributed by atoms with Gasteiger partial charge in [-0.3, -0.25) is 9.59 Å². The molecule has 182 valence electrons. The minimum absolute atomic E-state index is 0.183. The van der Waals surface area contributed by atoms with Crippen LogP contribution in [0.4, 0.5) is 23.3 Å². The minimum Gasteiger partial charge on any atom is -0.367 e. The van der Waals surface area contributed by atoms with Gasteiger partial charge in [0.25, 0.3) is 0 Å². The predicted octanol–water partition coefficient (Wildman–Crippen LogP) is 0.973. The van der Waals surface area contributed by atoms with Crippen molar-refractivity contribution in [2.24, 2.45) is 5.73 Å². The van der Waals surface area contributed by atoms with Gasteiger partial charge in [0, 0.05) is 32.2 Å². The zero-order valence-corrected chi connectivity index (χ0v) is 19.7. The summed E-state index contributed by atoms with van der Waals surface area (Å²) in [4.78, 5) is 35.4. The third-order valence-electron chi connectivity index (χ3n) is 5.95. The van der Waals surface area contributed by atoms with Crippen LogP contribution in [0.25, 0.3) is 5.65 Å². The van der Waals surface area contributed by atoms with Crippen molar-refractivity contribution in [1.29, 1.82) is 10.5 Å². The van der Waals surface area contributed by atoms with Crippen molar-refractivity contribution in [2.45, 2.75) is 18.9 Å². The normalized spacial score (nSPS) is 15.3. The second kappa shape index (κ2) is 9.20. The first kappa shape index (κ1) is 23.1. The van der Waals surface area contributed by atoms with E-state index in [0.29, 0.717) is 52.2 Å². The highest BCUT2D eigenvalue weighted by Crippen LogP contribution is 2.36. The Labute approximate surface area is 210 Å². The van der Waals surface area contributed by atoms with E-state index in [1.54, 1.807) is 12.1 Å². The Kier molecular flexibility index (Phi) is 5.91. The number of nitrogens with zero attached hydrogens (tertiary/aromatic N) is 8. The van der Waals surface area contributed by atoms with Crippen molar-refractivity contribution in [1.82, 2.24) is 24.5 Å². The molecule has 5 rings (SSSR count). The summed E-state index contributed by atoms with van der Waals surface area (Å²) in [5.41, 5.74) is 7.08. The number of fused-ring (bicyclic) bond motifs is 1. The number of carbonyl (C=O) groups excluding carboxylic acids is 2. The first-order valence-electron chi connectivity index (χ1n) is 11.1. The molecule has 2 aromatic heterocycles. The van der Waals surface area contributed by atoms with Gasteiger partial charge in [0.05, 0.1) is 34.2 Å². The number of nitriles is 2. The number of nitrogens with one attached hydrogen (secondary N) is 2. The Hall–Kier alpha value is -4.62. The number of anilines is 4. The summed E-state index contributed by atoms with van der Waals surface area (Å²) in [6.07, 6.45) is 3.45. The van der Waals surface area contributed by atoms with E-state index in [0.717, 1.165) is 12.8 Å². The first-order chi connectivity index (χ1) is 17.4. The average molecular weight is 506 g/mol. The molecule has 36 heavy (non-hydrogen) atoms. The fourth-order valence-corrected chi connectivity index (χ4v) is 4.21. The zero-order valence-electron chi connectivity index (χ0n) is 18.9. The van der Waals surface area contributed by atoms with E-state index < -0.39 is 11.8 Å². The Morgan fingerprint density at radius 3 is 2.50 bits per heavy atom. The van der Waals surface area contributed by atoms with Crippen molar-refractivity contribution in [3.8, 4) is 12.1 Å². The molecule has 3 aromatic rings. The number of primary amides is 1. The molecule has 0 unspecified atom stereocenters. The molecule has 0 radical (unpaired) electrons. The molecule has 1 aliphatic heterocycles. The standard InChI is InChI=1S/C22H20ClN11O2/c23-17-15(7-12(9-24)8-16(17)32-3-5-33(6-4-32)20(36)18(26)35)29-21-30-19-13(10-25)11-27-34(19)22(31-21)28-14-1-2-14/h7-8,11,14H,1-6H2,(H2,26,35)(H2,28,29,30,31). The Morgan fingerprint density at radius 1 is 1.11 bits per heavy atom. The number of amides is 2. The van der Waals surface area contributed by atoms with Gasteiger partial charge in [0.1, 0.15) is 11.6 Å². The lowest BCUT2D eigenvalue weighted by Gasteiger charge is -2.36. The summed E-state index contributed by atoms with van der Waals surface area (Å²) in [6, 6.07) is 7.73. The van der Waals surface area contributed by atoms with Gasteiger partial charge in [0.15, 0.2) is 5.65 Å². The maximum Gasteiger partial charge on any atom is 0.311 e. The van der Waals surface area contributed by atoms with Crippen LogP contribution in [0, 0.1) is 22.7 Å². The number of halogens is 1. The molecular weight excluding hydrogens is 486 g/mol. The van der Waals surface area contributed by atoms with E-state index in [4.69, 9.17) is 17.3 Å². The molecule has 0 bridgehead atoms. The topological polar surface area (TPSA) is 181 Å². The van der Waals surface area contributed by atoms with Crippen molar-refractivity contribution in [3.05, 3.63) is 34.5 Å². The van der Waals surface area contributed by atoms with E-state index >= 15 is 0 Å². The summed E-state index contributed by atoms with van der Waals surface area (Å²) < 4.78 is 1.48. The number of aromatic nitrogens is 4. The molecular formula is C22H20ClN11O2. The monoisotopic (exact) mass is 505 g/mol. The van der Waals surface area contributed by atoms with Crippen molar-refractivity contribution < 1.29 is 9.59 Å². The maximum absolute atomic E-state index is 11.9. The Balaban J connectivity index is 1.46. The SMILES string of the molecule is N#Cc1cc(Nc2nc(NC3CC3)n3ncc(C#N)c3n2)c(Cl)c(N2CCN(C(=O)C(N)=O)CC2)c1. The third-order valence-corrected chi connectivity index (χ3v) is 6.34. The fraction of sp³-hybridized carbons (Fsp3) is 0.318. The molecule has 2 amide bonds. The second-order valence-electron chi connectivity index (χ2n) is 8.43. The van der Waals surface area contributed by atoms with Crippen LogP contribution in [0.1, 0.15) is 24.0 Å². The molecule has 13 nitrogen and oxygen atoms in total. The van der Waals surface area contributed by atoms with Gasteiger partial charge in [-0.1, -0.05) is 11.6 Å². The van der Waals surface area contributed by atoms with Crippen LogP contribution in [-0.4, -0.2) is 68.5 Å². The number of carbonyl (C=O) groups is 2. The van der Waals surface area contributed by atoms with E-state index in [9.17, 15) is 20.1 Å². The lowest BCUT2D eigenvalue weighted by molar-refractivity contribution is -0.144. The minimum atomic E-state index is -0.996. The highest BCUT2D eigenvalue weighted by atomic mass is 35.5. The molecule has 0 spiro atoms. The molecule has 1 saturated heterocycles. The van der Waals surface area contributed by atoms with Gasteiger partial charge in [-0.25, -0.2) is 0 Å². The van der Waals surface area contributed by atoms with Gasteiger partial charge >= 0.3 is 11.8 Å². The summed E-state index contributed by atoms with van der Waals surface area (Å²) in [5, 5.41) is 30.0. The van der Waals surface area contributed by atoms with Gasteiger partial charge in [-0.2, -0.15) is 30.1 Å². The molecule has 4 N–H and O–H groups in total. The number of hydrogen-bond donors (Lipinski definition) is 3. The number of piperazine rings is 1. The molecule has 14 heteroatoms. The summed E-state index contributed by atoms with van der Waals surface area (Å²) in [6.45, 7) is 1.36. The maximum atomic E-state index is 11.9. The largest absolute Gasteiger partial charge is 0.367 e. The molecule has 2 fully saturated rings. The fourth-order valence-electron chi connectivity index (χ4n) is 3.94. The van der Waals surface area contributed by atoms with Gasteiger partial charge < -0.3 is 26.2 Å². The highest BCUT2D eigenvalue weighted by Gasteiger charge is 2.27.